The fraction of sp³-hybridized carbons (Fsp3) is 0.308. The van der Waals surface area contributed by atoms with E-state index in [0.29, 0.717) is 0 Å². The van der Waals surface area contributed by atoms with Crippen LogP contribution in [0, 0.1) is 0 Å². The lowest BCUT2D eigenvalue weighted by Gasteiger charge is -2.28. The zero-order valence-electron chi connectivity index (χ0n) is 17.8. The van der Waals surface area contributed by atoms with Gasteiger partial charge in [-0.15, -0.1) is 0 Å². The first-order valence-corrected chi connectivity index (χ1v) is 10.0. The molecule has 0 unspecified atom stereocenters. The van der Waals surface area contributed by atoms with E-state index in [2.05, 4.69) is 124 Å². The Morgan fingerprint density at radius 1 is 0.500 bits per heavy atom. The highest BCUT2D eigenvalue weighted by Gasteiger charge is 2.24. The molecule has 0 aliphatic carbocycles. The molecule has 144 valence electrons. The topological polar surface area (TPSA) is 9.86 Å². The van der Waals surface area contributed by atoms with Crippen LogP contribution < -0.4 is 0 Å². The van der Waals surface area contributed by atoms with Crippen molar-refractivity contribution in [3.63, 3.8) is 0 Å². The van der Waals surface area contributed by atoms with Gasteiger partial charge in [0.05, 0.1) is 0 Å². The van der Waals surface area contributed by atoms with Crippen LogP contribution in [0.15, 0.2) is 73.3 Å². The van der Waals surface area contributed by atoms with Crippen LogP contribution in [0.4, 0.5) is 0 Å². The summed E-state index contributed by atoms with van der Waals surface area (Å²) >= 11 is 0. The van der Waals surface area contributed by atoms with E-state index >= 15 is 0 Å². The van der Waals surface area contributed by atoms with Crippen LogP contribution in [-0.2, 0) is 10.8 Å². The number of benzene rings is 2. The number of fused-ring (bicyclic) bond motifs is 1. The Morgan fingerprint density at radius 2 is 0.821 bits per heavy atom. The van der Waals surface area contributed by atoms with Crippen molar-refractivity contribution in [1.82, 2.24) is 9.13 Å². The summed E-state index contributed by atoms with van der Waals surface area (Å²) in [6.45, 7) is 13.8. The smallest absolute Gasteiger partial charge is 0.0458 e. The second-order valence-electron chi connectivity index (χ2n) is 9.76. The number of hydrogen-bond donors (Lipinski definition) is 0. The summed E-state index contributed by atoms with van der Waals surface area (Å²) < 4.78 is 4.42. The van der Waals surface area contributed by atoms with Crippen molar-refractivity contribution < 1.29 is 0 Å². The van der Waals surface area contributed by atoms with E-state index < -0.39 is 0 Å². The molecule has 28 heavy (non-hydrogen) atoms. The third-order valence-electron chi connectivity index (χ3n) is 5.46. The van der Waals surface area contributed by atoms with Crippen LogP contribution in [0.3, 0.4) is 0 Å². The van der Waals surface area contributed by atoms with E-state index in [1.807, 2.05) is 0 Å². The third-order valence-corrected chi connectivity index (χ3v) is 5.46. The van der Waals surface area contributed by atoms with Crippen molar-refractivity contribution >= 4 is 10.8 Å². The minimum atomic E-state index is 0.0475. The summed E-state index contributed by atoms with van der Waals surface area (Å²) in [7, 11) is 0. The van der Waals surface area contributed by atoms with Crippen molar-refractivity contribution in [1.29, 1.82) is 0 Å². The molecule has 0 saturated heterocycles. The van der Waals surface area contributed by atoms with Crippen LogP contribution >= 0.6 is 0 Å². The van der Waals surface area contributed by atoms with Crippen LogP contribution in [0.5, 0.6) is 0 Å². The molecule has 0 aliphatic heterocycles. The molecule has 0 saturated carbocycles. The third kappa shape index (κ3) is 3.28. The van der Waals surface area contributed by atoms with Crippen LogP contribution in [0.1, 0.15) is 52.7 Å². The van der Waals surface area contributed by atoms with Gasteiger partial charge < -0.3 is 9.13 Å². The molecule has 0 aliphatic rings. The SMILES string of the molecule is CC(C)(C)c1cc(-n2cccc2)cc2c(C(C)(C)C)cc(-n3cccc3)cc12. The molecule has 0 spiro atoms. The molecule has 2 aromatic carbocycles. The summed E-state index contributed by atoms with van der Waals surface area (Å²) in [5.41, 5.74) is 5.31. The Bertz CT molecular complexity index is 1010. The van der Waals surface area contributed by atoms with E-state index in [9.17, 15) is 0 Å². The zero-order valence-corrected chi connectivity index (χ0v) is 17.8. The fourth-order valence-corrected chi connectivity index (χ4v) is 3.98. The number of hydrogen-bond acceptors (Lipinski definition) is 0. The maximum absolute atomic E-state index is 2.36. The van der Waals surface area contributed by atoms with E-state index in [1.54, 1.807) is 0 Å². The fourth-order valence-electron chi connectivity index (χ4n) is 3.98. The van der Waals surface area contributed by atoms with Crippen LogP contribution in [0.2, 0.25) is 0 Å². The first kappa shape index (κ1) is 18.6. The standard InChI is InChI=1S/C26H30N2/c1-25(2,3)23-17-19(27-11-7-8-12-27)16-22-21(23)15-20(28-13-9-10-14-28)18-24(22)26(4,5)6/h7-18H,1-6H3. The Labute approximate surface area is 168 Å². The van der Waals surface area contributed by atoms with Crippen LogP contribution in [0.25, 0.3) is 22.1 Å². The van der Waals surface area contributed by atoms with Gasteiger partial charge in [0, 0.05) is 36.2 Å². The van der Waals surface area contributed by atoms with Gasteiger partial charge in [0.15, 0.2) is 0 Å². The monoisotopic (exact) mass is 370 g/mol. The molecule has 4 aromatic rings. The van der Waals surface area contributed by atoms with E-state index in [1.165, 1.54) is 33.3 Å². The van der Waals surface area contributed by atoms with Gasteiger partial charge in [-0.3, -0.25) is 0 Å². The van der Waals surface area contributed by atoms with E-state index in [-0.39, 0.29) is 10.8 Å². The van der Waals surface area contributed by atoms with Crippen molar-refractivity contribution in [2.24, 2.45) is 0 Å². The molecule has 2 heterocycles. The molecular formula is C26H30N2. The highest BCUT2D eigenvalue weighted by molar-refractivity contribution is 5.94. The minimum absolute atomic E-state index is 0.0475. The largest absolute Gasteiger partial charge is 0.324 e. The average Bonchev–Trinajstić information content (AvgIpc) is 3.31. The lowest BCUT2D eigenvalue weighted by molar-refractivity contribution is 0.590. The number of aromatic nitrogens is 2. The Hall–Kier alpha value is -2.74. The van der Waals surface area contributed by atoms with Crippen molar-refractivity contribution in [2.75, 3.05) is 0 Å². The molecule has 0 N–H and O–H groups in total. The van der Waals surface area contributed by atoms with Gasteiger partial charge in [-0.25, -0.2) is 0 Å². The number of rotatable bonds is 2. The summed E-state index contributed by atoms with van der Waals surface area (Å²) in [6, 6.07) is 17.8. The predicted octanol–water partition coefficient (Wildman–Crippen LogP) is 7.02. The highest BCUT2D eigenvalue weighted by atomic mass is 14.9. The maximum Gasteiger partial charge on any atom is 0.0458 e. The van der Waals surface area contributed by atoms with Gasteiger partial charge in [0.2, 0.25) is 0 Å². The molecule has 2 nitrogen and oxygen atoms in total. The summed E-state index contributed by atoms with van der Waals surface area (Å²) in [4.78, 5) is 0. The molecule has 0 bridgehead atoms. The quantitative estimate of drug-likeness (QED) is 0.359. The van der Waals surface area contributed by atoms with Gasteiger partial charge in [0.25, 0.3) is 0 Å². The minimum Gasteiger partial charge on any atom is -0.324 e. The lowest BCUT2D eigenvalue weighted by atomic mass is 9.78. The zero-order chi connectivity index (χ0) is 20.1. The molecule has 0 radical (unpaired) electrons. The highest BCUT2D eigenvalue weighted by Crippen LogP contribution is 2.39. The molecule has 0 atom stereocenters. The van der Waals surface area contributed by atoms with Crippen molar-refractivity contribution in [3.8, 4) is 11.4 Å². The van der Waals surface area contributed by atoms with E-state index in [0.717, 1.165) is 0 Å². The van der Waals surface area contributed by atoms with Gasteiger partial charge in [0.1, 0.15) is 0 Å². The van der Waals surface area contributed by atoms with Crippen molar-refractivity contribution in [2.45, 2.75) is 52.4 Å². The lowest BCUT2D eigenvalue weighted by Crippen LogP contribution is -2.16. The van der Waals surface area contributed by atoms with E-state index in [4.69, 9.17) is 0 Å². The summed E-state index contributed by atoms with van der Waals surface area (Å²) in [5.74, 6) is 0. The van der Waals surface area contributed by atoms with Gasteiger partial charge in [-0.1, -0.05) is 41.5 Å². The Morgan fingerprint density at radius 3 is 1.11 bits per heavy atom. The van der Waals surface area contributed by atoms with Gasteiger partial charge in [-0.2, -0.15) is 0 Å². The molecule has 0 amide bonds. The Kier molecular flexibility index (Phi) is 4.26. The maximum atomic E-state index is 2.36. The summed E-state index contributed by atoms with van der Waals surface area (Å²) in [6.07, 6.45) is 8.49. The molecule has 2 aromatic heterocycles. The summed E-state index contributed by atoms with van der Waals surface area (Å²) in [5, 5.41) is 2.69. The predicted molar refractivity (Wildman–Crippen MR) is 120 cm³/mol. The normalized spacial score (nSPS) is 12.6. The van der Waals surface area contributed by atoms with Gasteiger partial charge >= 0.3 is 0 Å². The Balaban J connectivity index is 2.13. The number of nitrogens with zero attached hydrogens (tertiary/aromatic N) is 2. The van der Waals surface area contributed by atoms with Crippen molar-refractivity contribution in [3.05, 3.63) is 84.4 Å². The first-order valence-electron chi connectivity index (χ1n) is 10.0. The second-order valence-corrected chi connectivity index (χ2v) is 9.76. The first-order chi connectivity index (χ1) is 13.1. The van der Waals surface area contributed by atoms with Gasteiger partial charge in [-0.05, 0) is 81.3 Å². The molecule has 0 fully saturated rings. The molecule has 2 heteroatoms. The second kappa shape index (κ2) is 6.41. The van der Waals surface area contributed by atoms with Crippen LogP contribution in [-0.4, -0.2) is 9.13 Å². The average molecular weight is 371 g/mol. The molecule has 4 rings (SSSR count). The molecular weight excluding hydrogens is 340 g/mol.